The number of carbonyl (C=O) groups excluding carboxylic acids is 1. The van der Waals surface area contributed by atoms with E-state index < -0.39 is 12.6 Å². The first kappa shape index (κ1) is 12.6. The predicted molar refractivity (Wildman–Crippen MR) is 60.6 cm³/mol. The first-order chi connectivity index (χ1) is 7.96. The van der Waals surface area contributed by atoms with E-state index in [4.69, 9.17) is 0 Å². The molecule has 0 aliphatic heterocycles. The van der Waals surface area contributed by atoms with Gasteiger partial charge in [0, 0.05) is 17.7 Å². The molecule has 0 atom stereocenters. The number of hydrogen-bond donors (Lipinski definition) is 0. The number of fused-ring (bicyclic) bond motifs is 1. The molecule has 17 heavy (non-hydrogen) atoms. The van der Waals surface area contributed by atoms with E-state index in [9.17, 15) is 18.0 Å². The molecule has 0 N–H and O–H groups in total. The van der Waals surface area contributed by atoms with Crippen molar-refractivity contribution in [3.05, 3.63) is 21.4 Å². The highest BCUT2D eigenvalue weighted by Gasteiger charge is 2.27. The van der Waals surface area contributed by atoms with E-state index in [2.05, 4.69) is 0 Å². The average molecular weight is 262 g/mol. The van der Waals surface area contributed by atoms with Gasteiger partial charge in [-0.3, -0.25) is 4.79 Å². The summed E-state index contributed by atoms with van der Waals surface area (Å²) in [5.74, 6) is -0.145. The largest absolute Gasteiger partial charge is 0.389 e. The summed E-state index contributed by atoms with van der Waals surface area (Å²) in [5.41, 5.74) is 1.22. The summed E-state index contributed by atoms with van der Waals surface area (Å²) in [6.07, 6.45) is -1.99. The van der Waals surface area contributed by atoms with Gasteiger partial charge in [0.15, 0.2) is 5.78 Å². The summed E-state index contributed by atoms with van der Waals surface area (Å²) in [7, 11) is 0. The number of Topliss-reactive ketones (excluding diaryl/α,β-unsaturated/α-hetero) is 1. The number of halogens is 3. The fourth-order valence-corrected chi connectivity index (χ4v) is 3.26. The van der Waals surface area contributed by atoms with Crippen molar-refractivity contribution in [2.75, 3.05) is 0 Å². The van der Waals surface area contributed by atoms with Crippen LogP contribution in [0.2, 0.25) is 0 Å². The molecule has 0 amide bonds. The number of carbonyl (C=O) groups is 1. The number of hydrogen-bond acceptors (Lipinski definition) is 2. The SMILES string of the molecule is O=C(CCCC(F)(F)F)c1cc2c(s1)CCC2. The highest BCUT2D eigenvalue weighted by Crippen LogP contribution is 2.31. The number of ketones is 1. The van der Waals surface area contributed by atoms with Crippen molar-refractivity contribution in [1.82, 2.24) is 0 Å². The van der Waals surface area contributed by atoms with Crippen LogP contribution in [0.5, 0.6) is 0 Å². The van der Waals surface area contributed by atoms with Gasteiger partial charge in [0.1, 0.15) is 0 Å². The maximum Gasteiger partial charge on any atom is 0.389 e. The molecule has 1 nitrogen and oxygen atoms in total. The molecule has 1 aliphatic carbocycles. The molecule has 0 unspecified atom stereocenters. The smallest absolute Gasteiger partial charge is 0.293 e. The van der Waals surface area contributed by atoms with Gasteiger partial charge in [-0.15, -0.1) is 11.3 Å². The topological polar surface area (TPSA) is 17.1 Å². The molecular weight excluding hydrogens is 249 g/mol. The molecule has 2 rings (SSSR count). The standard InChI is InChI=1S/C12H13F3OS/c13-12(14,15)6-2-4-9(16)11-7-8-3-1-5-10(8)17-11/h7H,1-6H2. The molecule has 0 aromatic carbocycles. The zero-order valence-corrected chi connectivity index (χ0v) is 10.1. The van der Waals surface area contributed by atoms with E-state index in [0.29, 0.717) is 4.88 Å². The van der Waals surface area contributed by atoms with Crippen LogP contribution in [0.4, 0.5) is 13.2 Å². The summed E-state index contributed by atoms with van der Waals surface area (Å²) in [5, 5.41) is 0. The lowest BCUT2D eigenvalue weighted by atomic mass is 10.1. The van der Waals surface area contributed by atoms with E-state index in [-0.39, 0.29) is 18.6 Å². The van der Waals surface area contributed by atoms with Gasteiger partial charge in [-0.2, -0.15) is 13.2 Å². The van der Waals surface area contributed by atoms with Crippen molar-refractivity contribution in [3.63, 3.8) is 0 Å². The van der Waals surface area contributed by atoms with Crippen molar-refractivity contribution >= 4 is 17.1 Å². The van der Waals surface area contributed by atoms with Gasteiger partial charge in [0.2, 0.25) is 0 Å². The van der Waals surface area contributed by atoms with Gasteiger partial charge in [0.05, 0.1) is 4.88 Å². The molecule has 94 valence electrons. The van der Waals surface area contributed by atoms with E-state index in [1.165, 1.54) is 21.8 Å². The van der Waals surface area contributed by atoms with Crippen LogP contribution < -0.4 is 0 Å². The summed E-state index contributed by atoms with van der Waals surface area (Å²) in [6, 6.07) is 1.86. The van der Waals surface area contributed by atoms with E-state index >= 15 is 0 Å². The van der Waals surface area contributed by atoms with E-state index in [0.717, 1.165) is 19.3 Å². The van der Waals surface area contributed by atoms with Gasteiger partial charge in [-0.25, -0.2) is 0 Å². The minimum atomic E-state index is -4.16. The fraction of sp³-hybridized carbons (Fsp3) is 0.583. The second kappa shape index (κ2) is 4.80. The number of alkyl halides is 3. The molecule has 1 aliphatic rings. The molecule has 0 spiro atoms. The van der Waals surface area contributed by atoms with E-state index in [1.54, 1.807) is 0 Å². The molecule has 5 heteroatoms. The van der Waals surface area contributed by atoms with Crippen LogP contribution in [0.15, 0.2) is 6.07 Å². The van der Waals surface area contributed by atoms with Gasteiger partial charge < -0.3 is 0 Å². The fourth-order valence-electron chi connectivity index (χ4n) is 2.04. The normalized spacial score (nSPS) is 15.0. The first-order valence-electron chi connectivity index (χ1n) is 5.67. The van der Waals surface area contributed by atoms with Crippen LogP contribution in [0.1, 0.15) is 45.8 Å². The zero-order valence-electron chi connectivity index (χ0n) is 9.27. The van der Waals surface area contributed by atoms with Crippen molar-refractivity contribution in [2.45, 2.75) is 44.7 Å². The second-order valence-corrected chi connectivity index (χ2v) is 5.44. The molecule has 1 aromatic heterocycles. The minimum absolute atomic E-state index is 0.00109. The third kappa shape index (κ3) is 3.31. The Morgan fingerprint density at radius 1 is 1.35 bits per heavy atom. The molecule has 0 radical (unpaired) electrons. The lowest BCUT2D eigenvalue weighted by molar-refractivity contribution is -0.135. The van der Waals surface area contributed by atoms with Gasteiger partial charge in [0.25, 0.3) is 0 Å². The van der Waals surface area contributed by atoms with Crippen molar-refractivity contribution in [2.24, 2.45) is 0 Å². The van der Waals surface area contributed by atoms with Crippen LogP contribution in [0.3, 0.4) is 0 Å². The summed E-state index contributed by atoms with van der Waals surface area (Å²) in [4.78, 5) is 13.6. The lowest BCUT2D eigenvalue weighted by Crippen LogP contribution is -2.08. The van der Waals surface area contributed by atoms with Crippen LogP contribution in [-0.2, 0) is 12.8 Å². The Balaban J connectivity index is 1.87. The van der Waals surface area contributed by atoms with E-state index in [1.807, 2.05) is 6.07 Å². The Bertz CT molecular complexity index is 398. The van der Waals surface area contributed by atoms with Gasteiger partial charge in [-0.05, 0) is 37.3 Å². The maximum absolute atomic E-state index is 11.9. The third-order valence-electron chi connectivity index (χ3n) is 2.89. The van der Waals surface area contributed by atoms with Crippen LogP contribution >= 0.6 is 11.3 Å². The van der Waals surface area contributed by atoms with Crippen LogP contribution in [0.25, 0.3) is 0 Å². The molecule has 0 saturated heterocycles. The predicted octanol–water partition coefficient (Wildman–Crippen LogP) is 4.15. The van der Waals surface area contributed by atoms with Gasteiger partial charge in [-0.1, -0.05) is 0 Å². The highest BCUT2D eigenvalue weighted by atomic mass is 32.1. The van der Waals surface area contributed by atoms with Gasteiger partial charge >= 0.3 is 6.18 Å². The molecule has 1 aromatic rings. The Hall–Kier alpha value is -0.840. The first-order valence-corrected chi connectivity index (χ1v) is 6.49. The number of aryl methyl sites for hydroxylation is 2. The maximum atomic E-state index is 11.9. The second-order valence-electron chi connectivity index (χ2n) is 4.30. The third-order valence-corrected chi connectivity index (χ3v) is 4.16. The van der Waals surface area contributed by atoms with Crippen molar-refractivity contribution < 1.29 is 18.0 Å². The highest BCUT2D eigenvalue weighted by molar-refractivity contribution is 7.14. The quantitative estimate of drug-likeness (QED) is 0.745. The van der Waals surface area contributed by atoms with Crippen LogP contribution in [-0.4, -0.2) is 12.0 Å². The summed E-state index contributed by atoms with van der Waals surface area (Å²) < 4.78 is 35.8. The lowest BCUT2D eigenvalue weighted by Gasteiger charge is -2.04. The molecule has 1 heterocycles. The minimum Gasteiger partial charge on any atom is -0.293 e. The molecule has 0 fully saturated rings. The zero-order chi connectivity index (χ0) is 12.5. The Morgan fingerprint density at radius 2 is 2.12 bits per heavy atom. The summed E-state index contributed by atoms with van der Waals surface area (Å²) in [6.45, 7) is 0. The number of thiophene rings is 1. The molecular formula is C12H13F3OS. The van der Waals surface area contributed by atoms with Crippen LogP contribution in [0, 0.1) is 0 Å². The number of rotatable bonds is 4. The Kier molecular flexibility index (Phi) is 3.56. The summed E-state index contributed by atoms with van der Waals surface area (Å²) >= 11 is 1.46. The molecule has 0 saturated carbocycles. The monoisotopic (exact) mass is 262 g/mol. The Labute approximate surface area is 102 Å². The molecule has 0 bridgehead atoms. The average Bonchev–Trinajstić information content (AvgIpc) is 2.73. The van der Waals surface area contributed by atoms with Crippen molar-refractivity contribution in [3.8, 4) is 0 Å². The Morgan fingerprint density at radius 3 is 2.76 bits per heavy atom. The van der Waals surface area contributed by atoms with Crippen molar-refractivity contribution in [1.29, 1.82) is 0 Å².